The van der Waals surface area contributed by atoms with Gasteiger partial charge in [-0.1, -0.05) is 46.3 Å². The third-order valence-corrected chi connectivity index (χ3v) is 5.82. The second-order valence-corrected chi connectivity index (χ2v) is 8.51. The lowest BCUT2D eigenvalue weighted by Gasteiger charge is -2.43. The highest BCUT2D eigenvalue weighted by Crippen LogP contribution is 2.47. The number of carbonyl (C=O) groups excluding carboxylic acids is 2. The zero-order chi connectivity index (χ0) is 20.5. The Balaban J connectivity index is 2.18. The van der Waals surface area contributed by atoms with Gasteiger partial charge in [0.2, 0.25) is 0 Å². The molecule has 0 saturated carbocycles. The first-order valence-electron chi connectivity index (χ1n) is 9.25. The molecule has 1 aliphatic rings. The fourth-order valence-corrected chi connectivity index (χ4v) is 4.48. The molecule has 5 heteroatoms. The highest BCUT2D eigenvalue weighted by molar-refractivity contribution is 9.10. The van der Waals surface area contributed by atoms with Gasteiger partial charge in [0.25, 0.3) is 0 Å². The number of allylic oxidation sites excluding steroid dienone is 1. The van der Waals surface area contributed by atoms with Gasteiger partial charge in [-0.2, -0.15) is 0 Å². The van der Waals surface area contributed by atoms with E-state index >= 15 is 0 Å². The van der Waals surface area contributed by atoms with Gasteiger partial charge >= 0.3 is 0 Å². The van der Waals surface area contributed by atoms with Crippen LogP contribution in [0.3, 0.4) is 0 Å². The maximum absolute atomic E-state index is 12.7. The van der Waals surface area contributed by atoms with Gasteiger partial charge in [-0.25, -0.2) is 0 Å². The zero-order valence-corrected chi connectivity index (χ0v) is 17.8. The summed E-state index contributed by atoms with van der Waals surface area (Å²) < 4.78 is 0.952. The molecule has 146 valence electrons. The van der Waals surface area contributed by atoms with Crippen LogP contribution in [0, 0.1) is 5.92 Å². The number of anilines is 1. The van der Waals surface area contributed by atoms with Crippen LogP contribution in [0.25, 0.3) is 0 Å². The van der Waals surface area contributed by atoms with Crippen molar-refractivity contribution >= 4 is 33.2 Å². The molecule has 3 rings (SSSR count). The first-order chi connectivity index (χ1) is 13.2. The van der Waals surface area contributed by atoms with Gasteiger partial charge < -0.3 is 10.4 Å². The minimum Gasteiger partial charge on any atom is -0.389 e. The molecule has 1 aliphatic carbocycles. The van der Waals surface area contributed by atoms with E-state index in [1.165, 1.54) is 13.8 Å². The Morgan fingerprint density at radius 1 is 1.07 bits per heavy atom. The van der Waals surface area contributed by atoms with Crippen molar-refractivity contribution in [3.05, 3.63) is 75.9 Å². The molecule has 4 nitrogen and oxygen atoms in total. The standard InChI is InChI=1S/C23H24BrNO3/c1-14(26)20-19(25-18-11-9-17(24)10-12-18)13-23(3,28)22(15(2)27)21(20)16-7-5-4-6-8-16/h4-12,21-22,25,28H,13H2,1-3H3/t21-,22+,23-/m0/s1. The molecule has 0 aromatic heterocycles. The predicted octanol–water partition coefficient (Wildman–Crippen LogP) is 4.85. The summed E-state index contributed by atoms with van der Waals surface area (Å²) in [5, 5.41) is 14.5. The van der Waals surface area contributed by atoms with Crippen molar-refractivity contribution in [1.29, 1.82) is 0 Å². The minimum atomic E-state index is -1.27. The molecule has 2 aromatic rings. The van der Waals surface area contributed by atoms with E-state index in [-0.39, 0.29) is 18.0 Å². The maximum Gasteiger partial charge on any atom is 0.158 e. The van der Waals surface area contributed by atoms with Crippen LogP contribution in [-0.4, -0.2) is 22.3 Å². The number of rotatable bonds is 5. The minimum absolute atomic E-state index is 0.102. The Bertz CT molecular complexity index is 917. The molecule has 0 bridgehead atoms. The van der Waals surface area contributed by atoms with E-state index in [9.17, 15) is 14.7 Å². The highest BCUT2D eigenvalue weighted by Gasteiger charge is 2.49. The Kier molecular flexibility index (Phi) is 5.87. The monoisotopic (exact) mass is 441 g/mol. The number of ketones is 2. The normalized spacial score (nSPS) is 24.8. The second kappa shape index (κ2) is 8.02. The van der Waals surface area contributed by atoms with E-state index in [0.717, 1.165) is 15.7 Å². The van der Waals surface area contributed by atoms with Crippen molar-refractivity contribution in [2.24, 2.45) is 5.92 Å². The van der Waals surface area contributed by atoms with Gasteiger partial charge in [0.05, 0.1) is 11.5 Å². The van der Waals surface area contributed by atoms with Crippen LogP contribution in [0.2, 0.25) is 0 Å². The van der Waals surface area contributed by atoms with Crippen LogP contribution in [0.5, 0.6) is 0 Å². The molecule has 28 heavy (non-hydrogen) atoms. The predicted molar refractivity (Wildman–Crippen MR) is 114 cm³/mol. The van der Waals surface area contributed by atoms with E-state index in [1.807, 2.05) is 54.6 Å². The van der Waals surface area contributed by atoms with E-state index in [2.05, 4.69) is 21.2 Å². The Morgan fingerprint density at radius 3 is 2.21 bits per heavy atom. The fraction of sp³-hybridized carbons (Fsp3) is 0.304. The second-order valence-electron chi connectivity index (χ2n) is 7.59. The number of benzene rings is 2. The molecule has 0 spiro atoms. The van der Waals surface area contributed by atoms with Crippen LogP contribution >= 0.6 is 15.9 Å². The van der Waals surface area contributed by atoms with Crippen molar-refractivity contribution in [1.82, 2.24) is 0 Å². The van der Waals surface area contributed by atoms with Gasteiger partial charge in [0, 0.05) is 33.8 Å². The van der Waals surface area contributed by atoms with Gasteiger partial charge in [0.1, 0.15) is 5.78 Å². The summed E-state index contributed by atoms with van der Waals surface area (Å²) in [5.74, 6) is -1.42. The summed E-state index contributed by atoms with van der Waals surface area (Å²) in [6, 6.07) is 17.1. The topological polar surface area (TPSA) is 66.4 Å². The lowest BCUT2D eigenvalue weighted by molar-refractivity contribution is -0.131. The number of carbonyl (C=O) groups is 2. The summed E-state index contributed by atoms with van der Waals surface area (Å²) in [5.41, 5.74) is 1.61. The van der Waals surface area contributed by atoms with E-state index < -0.39 is 17.4 Å². The number of hydrogen-bond donors (Lipinski definition) is 2. The van der Waals surface area contributed by atoms with Crippen LogP contribution < -0.4 is 5.32 Å². The van der Waals surface area contributed by atoms with Gasteiger partial charge in [-0.05, 0) is 50.6 Å². The van der Waals surface area contributed by atoms with Gasteiger partial charge in [-0.15, -0.1) is 0 Å². The summed E-state index contributed by atoms with van der Waals surface area (Å²) in [4.78, 5) is 25.3. The maximum atomic E-state index is 12.7. The molecular weight excluding hydrogens is 418 g/mol. The van der Waals surface area contributed by atoms with Crippen molar-refractivity contribution in [2.75, 3.05) is 5.32 Å². The highest BCUT2D eigenvalue weighted by atomic mass is 79.9. The summed E-state index contributed by atoms with van der Waals surface area (Å²) in [6.45, 7) is 4.68. The summed E-state index contributed by atoms with van der Waals surface area (Å²) in [6.07, 6.45) is 0.200. The summed E-state index contributed by atoms with van der Waals surface area (Å²) in [7, 11) is 0. The first kappa shape index (κ1) is 20.5. The zero-order valence-electron chi connectivity index (χ0n) is 16.2. The van der Waals surface area contributed by atoms with Gasteiger partial charge in [-0.3, -0.25) is 9.59 Å². The quantitative estimate of drug-likeness (QED) is 0.695. The van der Waals surface area contributed by atoms with Crippen LogP contribution in [0.4, 0.5) is 5.69 Å². The number of halogens is 1. The largest absolute Gasteiger partial charge is 0.389 e. The molecular formula is C23H24BrNO3. The molecule has 0 fully saturated rings. The van der Waals surface area contributed by atoms with Gasteiger partial charge in [0.15, 0.2) is 5.78 Å². The summed E-state index contributed by atoms with van der Waals surface area (Å²) >= 11 is 3.42. The Hall–Kier alpha value is -2.24. The molecule has 2 aromatic carbocycles. The average Bonchev–Trinajstić information content (AvgIpc) is 2.62. The lowest BCUT2D eigenvalue weighted by Crippen LogP contribution is -2.48. The van der Waals surface area contributed by atoms with Crippen molar-refractivity contribution in [3.8, 4) is 0 Å². The number of Topliss-reactive ketones (excluding diaryl/α,β-unsaturated/α-hetero) is 2. The fourth-order valence-electron chi connectivity index (χ4n) is 4.22. The third-order valence-electron chi connectivity index (χ3n) is 5.29. The lowest BCUT2D eigenvalue weighted by atomic mass is 9.64. The van der Waals surface area contributed by atoms with Crippen molar-refractivity contribution in [2.45, 2.75) is 38.7 Å². The SMILES string of the molecule is CC(=O)C1=C(Nc2ccc(Br)cc2)C[C@](C)(O)[C@H](C(C)=O)[C@H]1c1ccccc1. The van der Waals surface area contributed by atoms with Crippen molar-refractivity contribution < 1.29 is 14.7 Å². The number of nitrogens with one attached hydrogen (secondary N) is 1. The number of aliphatic hydroxyl groups is 1. The molecule has 0 amide bonds. The smallest absolute Gasteiger partial charge is 0.158 e. The average molecular weight is 442 g/mol. The Labute approximate surface area is 173 Å². The molecule has 0 aliphatic heterocycles. The molecule has 2 N–H and O–H groups in total. The number of hydrogen-bond acceptors (Lipinski definition) is 4. The van der Waals surface area contributed by atoms with Crippen molar-refractivity contribution in [3.63, 3.8) is 0 Å². The first-order valence-corrected chi connectivity index (χ1v) is 10.0. The van der Waals surface area contributed by atoms with E-state index in [1.54, 1.807) is 6.92 Å². The van der Waals surface area contributed by atoms with E-state index in [4.69, 9.17) is 0 Å². The molecule has 3 atom stereocenters. The molecule has 0 radical (unpaired) electrons. The third kappa shape index (κ3) is 4.10. The van der Waals surface area contributed by atoms with Crippen LogP contribution in [0.1, 0.15) is 38.7 Å². The van der Waals surface area contributed by atoms with E-state index in [0.29, 0.717) is 11.3 Å². The molecule has 0 saturated heterocycles. The molecule has 0 unspecified atom stereocenters. The van der Waals surface area contributed by atoms with Crippen LogP contribution in [0.15, 0.2) is 70.3 Å². The molecule has 0 heterocycles. The van der Waals surface area contributed by atoms with Crippen LogP contribution in [-0.2, 0) is 9.59 Å². The Morgan fingerprint density at radius 2 is 1.68 bits per heavy atom.